The molecule has 1 saturated heterocycles. The van der Waals surface area contributed by atoms with Gasteiger partial charge in [-0.25, -0.2) is 4.99 Å². The molecule has 0 atom stereocenters. The number of aliphatic imine (C=N–C) groups is 1. The van der Waals surface area contributed by atoms with Crippen LogP contribution in [0, 0.1) is 0 Å². The zero-order valence-corrected chi connectivity index (χ0v) is 19.0. The number of hydrogen-bond donors (Lipinski definition) is 2. The van der Waals surface area contributed by atoms with E-state index < -0.39 is 5.91 Å². The van der Waals surface area contributed by atoms with Gasteiger partial charge in [0.2, 0.25) is 5.91 Å². The second-order valence-corrected chi connectivity index (χ2v) is 6.85. The molecule has 29 heavy (non-hydrogen) atoms. The van der Waals surface area contributed by atoms with Crippen molar-refractivity contribution in [1.82, 2.24) is 10.2 Å². The molecule has 0 saturated carbocycles. The van der Waals surface area contributed by atoms with Gasteiger partial charge in [0.1, 0.15) is 11.9 Å². The zero-order chi connectivity index (χ0) is 19.8. The fraction of sp³-hybridized carbons (Fsp3) is 0.364. The third-order valence-corrected chi connectivity index (χ3v) is 4.75. The molecule has 156 valence electrons. The molecule has 0 aliphatic carbocycles. The summed E-state index contributed by atoms with van der Waals surface area (Å²) in [6.45, 7) is 5.16. The second-order valence-electron chi connectivity index (χ2n) is 6.85. The normalized spacial score (nSPS) is 14.8. The van der Waals surface area contributed by atoms with Gasteiger partial charge in [0.15, 0.2) is 5.96 Å². The number of piperidine rings is 1. The van der Waals surface area contributed by atoms with Crippen molar-refractivity contribution in [2.75, 3.05) is 19.6 Å². The van der Waals surface area contributed by atoms with Crippen molar-refractivity contribution in [3.05, 3.63) is 65.7 Å². The molecule has 1 heterocycles. The molecule has 2 aromatic carbocycles. The number of benzene rings is 2. The number of ether oxygens (including phenoxy) is 1. The highest BCUT2D eigenvalue weighted by Crippen LogP contribution is 2.19. The van der Waals surface area contributed by atoms with Gasteiger partial charge in [-0.1, -0.05) is 30.3 Å². The van der Waals surface area contributed by atoms with Crippen LogP contribution in [0.25, 0.3) is 0 Å². The van der Waals surface area contributed by atoms with E-state index in [0.717, 1.165) is 49.7 Å². The molecule has 0 aromatic heterocycles. The number of primary amides is 1. The third kappa shape index (κ3) is 6.92. The molecule has 0 radical (unpaired) electrons. The van der Waals surface area contributed by atoms with Crippen molar-refractivity contribution < 1.29 is 9.53 Å². The zero-order valence-electron chi connectivity index (χ0n) is 16.7. The van der Waals surface area contributed by atoms with E-state index in [2.05, 4.69) is 17.1 Å². The number of hydrogen-bond acceptors (Lipinski definition) is 3. The number of guanidine groups is 1. The van der Waals surface area contributed by atoms with Crippen LogP contribution in [0.1, 0.15) is 35.7 Å². The molecule has 1 aliphatic rings. The van der Waals surface area contributed by atoms with Crippen molar-refractivity contribution in [2.24, 2.45) is 10.7 Å². The Labute approximate surface area is 189 Å². The summed E-state index contributed by atoms with van der Waals surface area (Å²) in [6, 6.07) is 17.3. The van der Waals surface area contributed by atoms with E-state index in [1.54, 1.807) is 12.1 Å². The van der Waals surface area contributed by atoms with Gasteiger partial charge in [0, 0.05) is 38.0 Å². The maximum atomic E-state index is 11.4. The molecule has 7 heteroatoms. The topological polar surface area (TPSA) is 79.9 Å². The highest BCUT2D eigenvalue weighted by molar-refractivity contribution is 14.0. The van der Waals surface area contributed by atoms with Crippen LogP contribution in [-0.2, 0) is 6.54 Å². The molecule has 3 rings (SSSR count). The Bertz CT molecular complexity index is 805. The standard InChI is InChI=1S/C22H28N4O2.HI/c1-2-24-22(25-16-17-7-6-8-18(15-17)21(23)27)26-13-11-20(12-14-26)28-19-9-4-3-5-10-19;/h3-10,15,20H,2,11-14,16H2,1H3,(H2,23,27)(H,24,25);1H. The van der Waals surface area contributed by atoms with Crippen LogP contribution in [0.3, 0.4) is 0 Å². The number of nitrogens with two attached hydrogens (primary N) is 1. The number of para-hydroxylation sites is 1. The summed E-state index contributed by atoms with van der Waals surface area (Å²) >= 11 is 0. The predicted molar refractivity (Wildman–Crippen MR) is 127 cm³/mol. The second kappa shape index (κ2) is 11.6. The van der Waals surface area contributed by atoms with Crippen molar-refractivity contribution in [1.29, 1.82) is 0 Å². The van der Waals surface area contributed by atoms with Crippen LogP contribution < -0.4 is 15.8 Å². The lowest BCUT2D eigenvalue weighted by atomic mass is 10.1. The first-order valence-electron chi connectivity index (χ1n) is 9.79. The minimum absolute atomic E-state index is 0. The number of amides is 1. The highest BCUT2D eigenvalue weighted by Gasteiger charge is 2.22. The lowest BCUT2D eigenvalue weighted by Gasteiger charge is -2.34. The van der Waals surface area contributed by atoms with E-state index >= 15 is 0 Å². The number of likely N-dealkylation sites (tertiary alicyclic amines) is 1. The number of carbonyl (C=O) groups is 1. The number of nitrogens with zero attached hydrogens (tertiary/aromatic N) is 2. The molecule has 3 N–H and O–H groups in total. The van der Waals surface area contributed by atoms with E-state index in [1.165, 1.54) is 0 Å². The summed E-state index contributed by atoms with van der Waals surface area (Å²) in [4.78, 5) is 18.4. The van der Waals surface area contributed by atoms with Crippen LogP contribution >= 0.6 is 24.0 Å². The minimum atomic E-state index is -0.418. The monoisotopic (exact) mass is 508 g/mol. The SMILES string of the molecule is CCNC(=NCc1cccc(C(N)=O)c1)N1CCC(Oc2ccccc2)CC1.I. The molecule has 2 aromatic rings. The van der Waals surface area contributed by atoms with E-state index in [0.29, 0.717) is 12.1 Å². The van der Waals surface area contributed by atoms with Crippen LogP contribution in [0.15, 0.2) is 59.6 Å². The van der Waals surface area contributed by atoms with Gasteiger partial charge in [-0.05, 0) is 36.8 Å². The van der Waals surface area contributed by atoms with Gasteiger partial charge in [0.05, 0.1) is 6.54 Å². The maximum Gasteiger partial charge on any atom is 0.248 e. The summed E-state index contributed by atoms with van der Waals surface area (Å²) in [5.74, 6) is 1.40. The Balaban J connectivity index is 0.00000300. The Morgan fingerprint density at radius 3 is 2.55 bits per heavy atom. The van der Waals surface area contributed by atoms with Crippen LogP contribution in [0.5, 0.6) is 5.75 Å². The van der Waals surface area contributed by atoms with Gasteiger partial charge in [-0.15, -0.1) is 24.0 Å². The van der Waals surface area contributed by atoms with Crippen molar-refractivity contribution in [2.45, 2.75) is 32.4 Å². The molecule has 0 spiro atoms. The highest BCUT2D eigenvalue weighted by atomic mass is 127. The Hall–Kier alpha value is -2.29. The van der Waals surface area contributed by atoms with Gasteiger partial charge in [0.25, 0.3) is 0 Å². The van der Waals surface area contributed by atoms with E-state index in [4.69, 9.17) is 15.5 Å². The summed E-state index contributed by atoms with van der Waals surface area (Å²) in [6.07, 6.45) is 2.14. The Morgan fingerprint density at radius 2 is 1.90 bits per heavy atom. The number of rotatable bonds is 6. The number of carbonyl (C=O) groups excluding carboxylic acids is 1. The molecule has 0 bridgehead atoms. The van der Waals surface area contributed by atoms with Crippen molar-refractivity contribution in [3.63, 3.8) is 0 Å². The van der Waals surface area contributed by atoms with Crippen LogP contribution in [0.4, 0.5) is 0 Å². The predicted octanol–water partition coefficient (Wildman–Crippen LogP) is 3.41. The van der Waals surface area contributed by atoms with Crippen molar-refractivity contribution in [3.8, 4) is 5.75 Å². The first kappa shape index (κ1) is 23.0. The molecular weight excluding hydrogens is 479 g/mol. The molecule has 1 amide bonds. The summed E-state index contributed by atoms with van der Waals surface area (Å²) in [7, 11) is 0. The van der Waals surface area contributed by atoms with E-state index in [9.17, 15) is 4.79 Å². The average Bonchev–Trinajstić information content (AvgIpc) is 2.73. The molecule has 1 aliphatic heterocycles. The lowest BCUT2D eigenvalue weighted by molar-refractivity contribution is 0.1000. The van der Waals surface area contributed by atoms with E-state index in [-0.39, 0.29) is 30.1 Å². The number of halogens is 1. The summed E-state index contributed by atoms with van der Waals surface area (Å²) in [5, 5.41) is 3.37. The lowest BCUT2D eigenvalue weighted by Crippen LogP contribution is -2.47. The fourth-order valence-electron chi connectivity index (χ4n) is 3.29. The van der Waals surface area contributed by atoms with Crippen LogP contribution in [-0.4, -0.2) is 42.5 Å². The van der Waals surface area contributed by atoms with Gasteiger partial charge in [-0.3, -0.25) is 4.79 Å². The largest absolute Gasteiger partial charge is 0.490 e. The van der Waals surface area contributed by atoms with Gasteiger partial charge >= 0.3 is 0 Å². The van der Waals surface area contributed by atoms with E-state index in [1.807, 2.05) is 42.5 Å². The average molecular weight is 508 g/mol. The fourth-order valence-corrected chi connectivity index (χ4v) is 3.29. The van der Waals surface area contributed by atoms with Gasteiger partial charge < -0.3 is 20.7 Å². The van der Waals surface area contributed by atoms with Crippen molar-refractivity contribution >= 4 is 35.8 Å². The first-order valence-corrected chi connectivity index (χ1v) is 9.79. The third-order valence-electron chi connectivity index (χ3n) is 4.75. The quantitative estimate of drug-likeness (QED) is 0.356. The van der Waals surface area contributed by atoms with Crippen LogP contribution in [0.2, 0.25) is 0 Å². The molecule has 6 nitrogen and oxygen atoms in total. The number of nitrogens with one attached hydrogen (secondary N) is 1. The molecule has 1 fully saturated rings. The Kier molecular flexibility index (Phi) is 9.24. The first-order chi connectivity index (χ1) is 13.7. The minimum Gasteiger partial charge on any atom is -0.490 e. The maximum absolute atomic E-state index is 11.4. The molecular formula is C22H29IN4O2. The summed E-state index contributed by atoms with van der Waals surface area (Å²) < 4.78 is 6.08. The van der Waals surface area contributed by atoms with Gasteiger partial charge in [-0.2, -0.15) is 0 Å². The summed E-state index contributed by atoms with van der Waals surface area (Å²) in [5.41, 5.74) is 6.84. The molecule has 0 unspecified atom stereocenters. The smallest absolute Gasteiger partial charge is 0.248 e. The Morgan fingerprint density at radius 1 is 1.17 bits per heavy atom.